The molecular weight excluding hydrogens is 262 g/mol. The lowest BCUT2D eigenvalue weighted by Crippen LogP contribution is -2.36. The van der Waals surface area contributed by atoms with E-state index < -0.39 is 10.9 Å². The average molecular weight is 279 g/mol. The third kappa shape index (κ3) is 3.43. The topological polar surface area (TPSA) is 96.6 Å². The first-order valence-electron chi connectivity index (χ1n) is 6.64. The number of aromatic nitrogens is 1. The maximum absolute atomic E-state index is 11.0. The van der Waals surface area contributed by atoms with Crippen molar-refractivity contribution in [3.05, 3.63) is 28.4 Å². The van der Waals surface area contributed by atoms with Gasteiger partial charge in [-0.05, 0) is 31.2 Å². The van der Waals surface area contributed by atoms with Crippen molar-refractivity contribution in [1.29, 1.82) is 0 Å². The minimum atomic E-state index is -0.800. The fourth-order valence-electron chi connectivity index (χ4n) is 2.60. The molecule has 0 aliphatic carbocycles. The number of hydrogen-bond donors (Lipinski definition) is 1. The summed E-state index contributed by atoms with van der Waals surface area (Å²) in [5.74, 6) is -0.162. The number of nitrogens with zero attached hydrogens (tertiary/aromatic N) is 3. The van der Waals surface area contributed by atoms with Crippen molar-refractivity contribution in [2.24, 2.45) is 5.92 Å². The van der Waals surface area contributed by atoms with E-state index in [9.17, 15) is 14.9 Å². The van der Waals surface area contributed by atoms with Gasteiger partial charge in [-0.1, -0.05) is 0 Å². The third-order valence-corrected chi connectivity index (χ3v) is 3.55. The fraction of sp³-hybridized carbons (Fsp3) is 0.538. The van der Waals surface area contributed by atoms with Crippen LogP contribution in [0.15, 0.2) is 18.3 Å². The molecule has 1 fully saturated rings. The molecule has 2 heterocycles. The molecule has 1 aromatic heterocycles. The van der Waals surface area contributed by atoms with E-state index in [1.54, 1.807) is 12.3 Å². The fourth-order valence-corrected chi connectivity index (χ4v) is 2.60. The Kier molecular flexibility index (Phi) is 4.49. The van der Waals surface area contributed by atoms with Crippen molar-refractivity contribution in [3.63, 3.8) is 0 Å². The minimum absolute atomic E-state index is 0.00591. The third-order valence-electron chi connectivity index (χ3n) is 3.55. The molecule has 0 bridgehead atoms. The summed E-state index contributed by atoms with van der Waals surface area (Å²) in [5, 5.41) is 19.8. The van der Waals surface area contributed by atoms with Crippen LogP contribution in [0.1, 0.15) is 25.7 Å². The SMILES string of the molecule is O=C(O)CCC1CCCN(c2ncccc2[N+](=O)[O-])C1. The molecule has 0 aromatic carbocycles. The standard InChI is InChI=1S/C13H17N3O4/c17-12(18)6-5-10-3-2-8-15(9-10)13-11(16(19)20)4-1-7-14-13/h1,4,7,10H,2-3,5-6,8-9H2,(H,17,18). The van der Waals surface area contributed by atoms with Crippen molar-refractivity contribution in [2.45, 2.75) is 25.7 Å². The molecule has 1 unspecified atom stereocenters. The highest BCUT2D eigenvalue weighted by Gasteiger charge is 2.26. The molecule has 1 N–H and O–H groups in total. The summed E-state index contributed by atoms with van der Waals surface area (Å²) in [6, 6.07) is 3.00. The molecule has 108 valence electrons. The predicted molar refractivity (Wildman–Crippen MR) is 72.7 cm³/mol. The lowest BCUT2D eigenvalue weighted by molar-refractivity contribution is -0.384. The molecule has 7 nitrogen and oxygen atoms in total. The van der Waals surface area contributed by atoms with E-state index in [1.807, 2.05) is 4.90 Å². The van der Waals surface area contributed by atoms with Crippen LogP contribution in [0.2, 0.25) is 0 Å². The summed E-state index contributed by atoms with van der Waals surface area (Å²) in [5.41, 5.74) is 0.00591. The number of anilines is 1. The first-order chi connectivity index (χ1) is 9.58. The van der Waals surface area contributed by atoms with Crippen LogP contribution in [-0.2, 0) is 4.79 Å². The van der Waals surface area contributed by atoms with Gasteiger partial charge in [0.15, 0.2) is 0 Å². The molecule has 1 aliphatic rings. The molecule has 0 radical (unpaired) electrons. The summed E-state index contributed by atoms with van der Waals surface area (Å²) in [6.07, 6.45) is 4.15. The van der Waals surface area contributed by atoms with Crippen LogP contribution in [0.4, 0.5) is 11.5 Å². The smallest absolute Gasteiger partial charge is 0.311 e. The number of aliphatic carboxylic acids is 1. The zero-order chi connectivity index (χ0) is 14.5. The number of rotatable bonds is 5. The highest BCUT2D eigenvalue weighted by atomic mass is 16.6. The van der Waals surface area contributed by atoms with Crippen molar-refractivity contribution < 1.29 is 14.8 Å². The number of hydrogen-bond acceptors (Lipinski definition) is 5. The van der Waals surface area contributed by atoms with Gasteiger partial charge < -0.3 is 10.0 Å². The minimum Gasteiger partial charge on any atom is -0.481 e. The monoisotopic (exact) mass is 279 g/mol. The molecule has 7 heteroatoms. The van der Waals surface area contributed by atoms with E-state index in [-0.39, 0.29) is 18.0 Å². The molecule has 1 aliphatic heterocycles. The van der Waals surface area contributed by atoms with Crippen molar-refractivity contribution in [1.82, 2.24) is 4.98 Å². The van der Waals surface area contributed by atoms with E-state index in [4.69, 9.17) is 5.11 Å². The van der Waals surface area contributed by atoms with E-state index in [2.05, 4.69) is 4.98 Å². The van der Waals surface area contributed by atoms with Crippen molar-refractivity contribution in [3.8, 4) is 0 Å². The average Bonchev–Trinajstić information content (AvgIpc) is 2.45. The van der Waals surface area contributed by atoms with Crippen LogP contribution < -0.4 is 4.90 Å². The van der Waals surface area contributed by atoms with Gasteiger partial charge in [0, 0.05) is 31.8 Å². The molecule has 1 atom stereocenters. The normalized spacial score (nSPS) is 18.8. The summed E-state index contributed by atoms with van der Waals surface area (Å²) < 4.78 is 0. The number of carboxylic acids is 1. The molecule has 1 saturated heterocycles. The lowest BCUT2D eigenvalue weighted by atomic mass is 9.93. The Labute approximate surface area is 116 Å². The summed E-state index contributed by atoms with van der Waals surface area (Å²) in [6.45, 7) is 1.35. The highest BCUT2D eigenvalue weighted by molar-refractivity contribution is 5.66. The van der Waals surface area contributed by atoms with Crippen LogP contribution in [0.3, 0.4) is 0 Å². The Hall–Kier alpha value is -2.18. The Balaban J connectivity index is 2.09. The van der Waals surface area contributed by atoms with Gasteiger partial charge in [-0.15, -0.1) is 0 Å². The lowest BCUT2D eigenvalue weighted by Gasteiger charge is -2.33. The largest absolute Gasteiger partial charge is 0.481 e. The Morgan fingerprint density at radius 1 is 1.60 bits per heavy atom. The first-order valence-corrected chi connectivity index (χ1v) is 6.64. The summed E-state index contributed by atoms with van der Waals surface area (Å²) >= 11 is 0. The predicted octanol–water partition coefficient (Wildman–Crippen LogP) is 2.07. The van der Waals surface area contributed by atoms with E-state index in [1.165, 1.54) is 6.07 Å². The van der Waals surface area contributed by atoms with E-state index in [0.29, 0.717) is 18.8 Å². The zero-order valence-corrected chi connectivity index (χ0v) is 11.1. The molecule has 0 amide bonds. The van der Waals surface area contributed by atoms with Crippen molar-refractivity contribution >= 4 is 17.5 Å². The molecule has 0 saturated carbocycles. The quantitative estimate of drug-likeness (QED) is 0.654. The van der Waals surface area contributed by atoms with Gasteiger partial charge in [0.25, 0.3) is 0 Å². The Morgan fingerprint density at radius 2 is 2.40 bits per heavy atom. The van der Waals surface area contributed by atoms with Crippen LogP contribution in [0, 0.1) is 16.0 Å². The number of carboxylic acid groups (broad SMARTS) is 1. The van der Waals surface area contributed by atoms with Crippen LogP contribution in [0.5, 0.6) is 0 Å². The Bertz CT molecular complexity index is 506. The first kappa shape index (κ1) is 14.2. The molecule has 20 heavy (non-hydrogen) atoms. The van der Waals surface area contributed by atoms with Gasteiger partial charge in [-0.2, -0.15) is 0 Å². The van der Waals surface area contributed by atoms with Gasteiger partial charge in [0.05, 0.1) is 4.92 Å². The molecule has 1 aromatic rings. The number of piperidine rings is 1. The van der Waals surface area contributed by atoms with Crippen LogP contribution in [-0.4, -0.2) is 34.1 Å². The maximum Gasteiger partial charge on any atom is 0.311 e. The van der Waals surface area contributed by atoms with E-state index in [0.717, 1.165) is 19.4 Å². The number of carbonyl (C=O) groups is 1. The second kappa shape index (κ2) is 6.31. The second-order valence-corrected chi connectivity index (χ2v) is 4.99. The van der Waals surface area contributed by atoms with Crippen LogP contribution in [0.25, 0.3) is 0 Å². The van der Waals surface area contributed by atoms with Crippen molar-refractivity contribution in [2.75, 3.05) is 18.0 Å². The second-order valence-electron chi connectivity index (χ2n) is 4.99. The Morgan fingerprint density at radius 3 is 3.10 bits per heavy atom. The number of pyridine rings is 1. The number of nitro groups is 1. The zero-order valence-electron chi connectivity index (χ0n) is 11.1. The highest BCUT2D eigenvalue weighted by Crippen LogP contribution is 2.30. The van der Waals surface area contributed by atoms with Gasteiger partial charge in [-0.3, -0.25) is 14.9 Å². The van der Waals surface area contributed by atoms with Crippen LogP contribution >= 0.6 is 0 Å². The van der Waals surface area contributed by atoms with Gasteiger partial charge in [0.1, 0.15) is 0 Å². The summed E-state index contributed by atoms with van der Waals surface area (Å²) in [4.78, 5) is 27.2. The molecule has 0 spiro atoms. The van der Waals surface area contributed by atoms with Gasteiger partial charge in [0.2, 0.25) is 5.82 Å². The summed E-state index contributed by atoms with van der Waals surface area (Å²) in [7, 11) is 0. The van der Waals surface area contributed by atoms with E-state index >= 15 is 0 Å². The maximum atomic E-state index is 11.0. The van der Waals surface area contributed by atoms with Gasteiger partial charge >= 0.3 is 11.7 Å². The molecular formula is C13H17N3O4. The molecule has 2 rings (SSSR count). The van der Waals surface area contributed by atoms with Gasteiger partial charge in [-0.25, -0.2) is 4.98 Å².